The normalized spacial score (nSPS) is 18.1. The van der Waals surface area contributed by atoms with Crippen LogP contribution in [0.25, 0.3) is 10.6 Å². The largest absolute Gasteiger partial charge is 0.309 e. The zero-order valence-electron chi connectivity index (χ0n) is 12.4. The van der Waals surface area contributed by atoms with Crippen molar-refractivity contribution in [2.75, 3.05) is 0 Å². The van der Waals surface area contributed by atoms with E-state index in [0.717, 1.165) is 24.9 Å². The van der Waals surface area contributed by atoms with Crippen LogP contribution in [0, 0.1) is 0 Å². The van der Waals surface area contributed by atoms with Gasteiger partial charge >= 0.3 is 0 Å². The molecule has 2 aliphatic rings. The molecule has 1 N–H and O–H groups in total. The average molecular weight is 299 g/mol. The summed E-state index contributed by atoms with van der Waals surface area (Å²) in [6, 6.07) is 2.88. The Morgan fingerprint density at radius 1 is 1.29 bits per heavy atom. The van der Waals surface area contributed by atoms with Gasteiger partial charge in [0, 0.05) is 41.3 Å². The van der Waals surface area contributed by atoms with E-state index >= 15 is 0 Å². The van der Waals surface area contributed by atoms with Crippen molar-refractivity contribution in [3.63, 3.8) is 0 Å². The second-order valence-corrected chi connectivity index (χ2v) is 7.23. The van der Waals surface area contributed by atoms with Crippen LogP contribution >= 0.6 is 11.3 Å². The van der Waals surface area contributed by atoms with Crippen molar-refractivity contribution >= 4 is 11.3 Å². The Bertz CT molecular complexity index is 641. The molecule has 0 radical (unpaired) electrons. The molecular formula is C17H21N3S. The van der Waals surface area contributed by atoms with Gasteiger partial charge in [0.1, 0.15) is 5.01 Å². The maximum atomic E-state index is 5.00. The molecule has 2 aliphatic carbocycles. The van der Waals surface area contributed by atoms with Crippen LogP contribution in [0.4, 0.5) is 0 Å². The van der Waals surface area contributed by atoms with Gasteiger partial charge in [0.15, 0.2) is 0 Å². The zero-order valence-corrected chi connectivity index (χ0v) is 13.2. The average Bonchev–Trinajstić information content (AvgIpc) is 3.44. The van der Waals surface area contributed by atoms with Gasteiger partial charge in [0.05, 0.1) is 5.69 Å². The molecule has 2 saturated carbocycles. The smallest absolute Gasteiger partial charge is 0.124 e. The van der Waals surface area contributed by atoms with Crippen molar-refractivity contribution in [3.8, 4) is 10.6 Å². The minimum absolute atomic E-state index is 0.720. The number of nitrogens with zero attached hydrogens (tertiary/aromatic N) is 2. The predicted molar refractivity (Wildman–Crippen MR) is 86.6 cm³/mol. The minimum Gasteiger partial charge on any atom is -0.309 e. The summed E-state index contributed by atoms with van der Waals surface area (Å²) in [6.45, 7) is 3.19. The second kappa shape index (κ2) is 5.50. The highest BCUT2D eigenvalue weighted by atomic mass is 32.1. The Kier molecular flexibility index (Phi) is 3.51. The third kappa shape index (κ3) is 2.87. The molecule has 0 aliphatic heterocycles. The summed E-state index contributed by atoms with van der Waals surface area (Å²) in [5, 5.41) is 4.83. The number of thiazole rings is 1. The molecule has 21 heavy (non-hydrogen) atoms. The zero-order chi connectivity index (χ0) is 14.2. The standard InChI is InChI=1S/C17H21N3S/c1-2-11-9-18-8-7-14(11)17-20-16(12-3-4-12)15(21-17)10-19-13-5-6-13/h7-9,12-13,19H,2-6,10H2,1H3. The van der Waals surface area contributed by atoms with Crippen LogP contribution in [0.1, 0.15) is 54.7 Å². The Morgan fingerprint density at radius 3 is 2.86 bits per heavy atom. The van der Waals surface area contributed by atoms with Gasteiger partial charge in [-0.2, -0.15) is 0 Å². The second-order valence-electron chi connectivity index (χ2n) is 6.14. The summed E-state index contributed by atoms with van der Waals surface area (Å²) in [5.41, 5.74) is 3.94. The number of nitrogens with one attached hydrogen (secondary N) is 1. The maximum absolute atomic E-state index is 5.00. The first-order chi connectivity index (χ1) is 10.3. The van der Waals surface area contributed by atoms with Crippen molar-refractivity contribution in [3.05, 3.63) is 34.6 Å². The fraction of sp³-hybridized carbons (Fsp3) is 0.529. The highest BCUT2D eigenvalue weighted by Gasteiger charge is 2.30. The van der Waals surface area contributed by atoms with Crippen LogP contribution in [0.2, 0.25) is 0 Å². The van der Waals surface area contributed by atoms with Crippen molar-refractivity contribution in [1.29, 1.82) is 0 Å². The molecule has 0 aromatic carbocycles. The van der Waals surface area contributed by atoms with Crippen molar-refractivity contribution in [1.82, 2.24) is 15.3 Å². The fourth-order valence-corrected chi connectivity index (χ4v) is 3.88. The molecule has 2 heterocycles. The molecule has 2 aromatic rings. The molecule has 0 unspecified atom stereocenters. The number of hydrogen-bond donors (Lipinski definition) is 1. The summed E-state index contributed by atoms with van der Waals surface area (Å²) in [5.74, 6) is 0.720. The van der Waals surface area contributed by atoms with Gasteiger partial charge in [-0.3, -0.25) is 4.98 Å². The quantitative estimate of drug-likeness (QED) is 0.879. The summed E-state index contributed by atoms with van der Waals surface area (Å²) >= 11 is 1.88. The Hall–Kier alpha value is -1.26. The molecule has 2 fully saturated rings. The van der Waals surface area contributed by atoms with E-state index in [0.29, 0.717) is 0 Å². The lowest BCUT2D eigenvalue weighted by Gasteiger charge is -2.02. The van der Waals surface area contributed by atoms with Crippen molar-refractivity contribution in [2.24, 2.45) is 0 Å². The molecule has 4 heteroatoms. The van der Waals surface area contributed by atoms with E-state index in [1.807, 2.05) is 23.7 Å². The van der Waals surface area contributed by atoms with E-state index in [4.69, 9.17) is 4.98 Å². The third-order valence-electron chi connectivity index (χ3n) is 4.34. The van der Waals surface area contributed by atoms with Gasteiger partial charge in [0.25, 0.3) is 0 Å². The van der Waals surface area contributed by atoms with Gasteiger partial charge in [-0.25, -0.2) is 4.98 Å². The molecule has 3 nitrogen and oxygen atoms in total. The first-order valence-corrected chi connectivity index (χ1v) is 8.83. The molecule has 0 bridgehead atoms. The van der Waals surface area contributed by atoms with Gasteiger partial charge in [0.2, 0.25) is 0 Å². The van der Waals surface area contributed by atoms with Crippen LogP contribution in [-0.2, 0) is 13.0 Å². The first-order valence-electron chi connectivity index (χ1n) is 8.01. The lowest BCUT2D eigenvalue weighted by atomic mass is 10.1. The molecular weight excluding hydrogens is 278 g/mol. The fourth-order valence-electron chi connectivity index (χ4n) is 2.72. The molecule has 4 rings (SSSR count). The lowest BCUT2D eigenvalue weighted by Crippen LogP contribution is -2.15. The van der Waals surface area contributed by atoms with E-state index in [9.17, 15) is 0 Å². The van der Waals surface area contributed by atoms with Gasteiger partial charge in [-0.15, -0.1) is 11.3 Å². The number of aromatic nitrogens is 2. The Morgan fingerprint density at radius 2 is 2.14 bits per heavy atom. The monoisotopic (exact) mass is 299 g/mol. The summed E-state index contributed by atoms with van der Waals surface area (Å²) in [7, 11) is 0. The molecule has 0 atom stereocenters. The minimum atomic E-state index is 0.720. The lowest BCUT2D eigenvalue weighted by molar-refractivity contribution is 0.688. The SMILES string of the molecule is CCc1cnccc1-c1nc(C2CC2)c(CNC2CC2)s1. The van der Waals surface area contributed by atoms with Gasteiger partial charge in [-0.1, -0.05) is 6.92 Å². The number of rotatable bonds is 6. The number of hydrogen-bond acceptors (Lipinski definition) is 4. The van der Waals surface area contributed by atoms with Crippen molar-refractivity contribution < 1.29 is 0 Å². The van der Waals surface area contributed by atoms with Crippen LogP contribution in [0.15, 0.2) is 18.5 Å². The van der Waals surface area contributed by atoms with Gasteiger partial charge in [-0.05, 0) is 43.7 Å². The van der Waals surface area contributed by atoms with Crippen LogP contribution < -0.4 is 5.32 Å². The topological polar surface area (TPSA) is 37.8 Å². The first kappa shape index (κ1) is 13.4. The highest BCUT2D eigenvalue weighted by molar-refractivity contribution is 7.15. The van der Waals surface area contributed by atoms with E-state index in [1.165, 1.54) is 52.4 Å². The van der Waals surface area contributed by atoms with E-state index in [2.05, 4.69) is 23.3 Å². The molecule has 0 spiro atoms. The molecule has 0 amide bonds. The molecule has 0 saturated heterocycles. The van der Waals surface area contributed by atoms with Crippen LogP contribution in [-0.4, -0.2) is 16.0 Å². The van der Waals surface area contributed by atoms with Crippen molar-refractivity contribution in [2.45, 2.75) is 57.5 Å². The molecule has 110 valence electrons. The van der Waals surface area contributed by atoms with E-state index < -0.39 is 0 Å². The van der Waals surface area contributed by atoms with E-state index in [1.54, 1.807) is 0 Å². The molecule has 2 aromatic heterocycles. The van der Waals surface area contributed by atoms with E-state index in [-0.39, 0.29) is 0 Å². The number of aryl methyl sites for hydroxylation is 1. The predicted octanol–water partition coefficient (Wildman–Crippen LogP) is 3.90. The Labute approximate surface area is 129 Å². The highest BCUT2D eigenvalue weighted by Crippen LogP contribution is 2.44. The van der Waals surface area contributed by atoms with Crippen LogP contribution in [0.5, 0.6) is 0 Å². The number of pyridine rings is 1. The third-order valence-corrected chi connectivity index (χ3v) is 5.44. The summed E-state index contributed by atoms with van der Waals surface area (Å²) in [4.78, 5) is 10.7. The van der Waals surface area contributed by atoms with Crippen LogP contribution in [0.3, 0.4) is 0 Å². The Balaban J connectivity index is 1.66. The maximum Gasteiger partial charge on any atom is 0.124 e. The summed E-state index contributed by atoms with van der Waals surface area (Å²) < 4.78 is 0. The summed E-state index contributed by atoms with van der Waals surface area (Å²) in [6.07, 6.45) is 10.2. The van der Waals surface area contributed by atoms with Gasteiger partial charge < -0.3 is 5.32 Å².